The van der Waals surface area contributed by atoms with Gasteiger partial charge in [-0.25, -0.2) is 0 Å². The first-order valence-electron chi connectivity index (χ1n) is 10.4. The monoisotopic (exact) mass is 390 g/mol. The third-order valence-electron chi connectivity index (χ3n) is 5.31. The van der Waals surface area contributed by atoms with E-state index in [1.807, 2.05) is 6.08 Å². The van der Waals surface area contributed by atoms with Crippen molar-refractivity contribution in [2.45, 2.75) is 108 Å². The van der Waals surface area contributed by atoms with E-state index in [1.165, 1.54) is 89.0 Å². The van der Waals surface area contributed by atoms with Gasteiger partial charge in [-0.3, -0.25) is 0 Å². The minimum absolute atomic E-state index is 0. The van der Waals surface area contributed by atoms with Gasteiger partial charge >= 0.3 is 0 Å². The van der Waals surface area contributed by atoms with Crippen LogP contribution in [-0.2, 0) is 0 Å². The number of rotatable bonds is 14. The Morgan fingerprint density at radius 2 is 1.44 bits per heavy atom. The number of hydrogen-bond donors (Lipinski definition) is 1. The van der Waals surface area contributed by atoms with Crippen molar-refractivity contribution in [1.29, 1.82) is 0 Å². The largest absolute Gasteiger partial charge is 0.374 e. The van der Waals surface area contributed by atoms with E-state index in [0.29, 0.717) is 5.25 Å². The molecule has 25 heavy (non-hydrogen) atoms. The number of allylic oxidation sites excluding steroid dienone is 2. The summed E-state index contributed by atoms with van der Waals surface area (Å²) in [5, 5.41) is 10.2. The molecule has 1 aliphatic heterocycles. The third-order valence-corrected chi connectivity index (χ3v) is 6.58. The Labute approximate surface area is 190 Å². The smallest absolute Gasteiger partial charge is 0.145 e. The van der Waals surface area contributed by atoms with E-state index in [4.69, 9.17) is 0 Å². The Morgan fingerprint density at radius 3 is 1.96 bits per heavy atom. The van der Waals surface area contributed by atoms with E-state index >= 15 is 0 Å². The van der Waals surface area contributed by atoms with Crippen LogP contribution in [0.25, 0.3) is 0 Å². The number of thioether (sulfide) groups is 1. The van der Waals surface area contributed by atoms with Crippen LogP contribution in [0.1, 0.15) is 97.3 Å². The summed E-state index contributed by atoms with van der Waals surface area (Å²) >= 11 is 1.66. The molecule has 0 aromatic carbocycles. The van der Waals surface area contributed by atoms with Crippen LogP contribution in [0, 0.1) is 5.92 Å². The van der Waals surface area contributed by atoms with Crippen molar-refractivity contribution in [3.05, 3.63) is 23.8 Å². The molecule has 2 unspecified atom stereocenters. The van der Waals surface area contributed by atoms with E-state index < -0.39 is 4.93 Å². The van der Waals surface area contributed by atoms with Crippen LogP contribution >= 0.6 is 11.8 Å². The summed E-state index contributed by atoms with van der Waals surface area (Å²) in [6.45, 7) is 4.66. The maximum atomic E-state index is 9.89. The molecule has 0 amide bonds. The molecule has 0 saturated carbocycles. The van der Waals surface area contributed by atoms with Crippen LogP contribution < -0.4 is 0 Å². The molecule has 1 aliphatic carbocycles. The Balaban J connectivity index is 0.00000312. The van der Waals surface area contributed by atoms with Crippen LogP contribution in [0.4, 0.5) is 0 Å². The van der Waals surface area contributed by atoms with Gasteiger partial charge in [-0.15, -0.1) is 11.8 Å². The van der Waals surface area contributed by atoms with Crippen molar-refractivity contribution < 1.29 is 5.11 Å². The topological polar surface area (TPSA) is 20.2 Å². The van der Waals surface area contributed by atoms with Gasteiger partial charge in [0, 0.05) is 37.7 Å². The van der Waals surface area contributed by atoms with Crippen LogP contribution in [-0.4, -0.2) is 53.0 Å². The second-order valence-corrected chi connectivity index (χ2v) is 9.58. The molecule has 1 N–H and O–H groups in total. The van der Waals surface area contributed by atoms with Crippen LogP contribution in [0.2, 0.25) is 0 Å². The summed E-state index contributed by atoms with van der Waals surface area (Å²) in [7, 11) is 0. The number of unbranched alkanes of at least 4 members (excludes halogenated alkanes) is 10. The average molecular weight is 391 g/mol. The molecule has 0 aromatic rings. The van der Waals surface area contributed by atoms with Crippen molar-refractivity contribution in [3.63, 3.8) is 0 Å². The van der Waals surface area contributed by atoms with Crippen molar-refractivity contribution in [2.24, 2.45) is 5.92 Å². The molecule has 1 saturated heterocycles. The summed E-state index contributed by atoms with van der Waals surface area (Å²) in [5.41, 5.74) is 1.44. The number of aliphatic hydroxyl groups is 1. The summed E-state index contributed by atoms with van der Waals surface area (Å²) in [5.74, 6) is 0.881. The molecule has 2 atom stereocenters. The van der Waals surface area contributed by atoms with Gasteiger partial charge in [-0.2, -0.15) is 0 Å². The number of fused-ring (bicyclic) bond motifs is 1. The summed E-state index contributed by atoms with van der Waals surface area (Å²) in [6, 6.07) is 0. The summed E-state index contributed by atoms with van der Waals surface area (Å²) in [4.78, 5) is -0.530. The van der Waals surface area contributed by atoms with Crippen molar-refractivity contribution >= 4 is 49.5 Å². The molecule has 2 rings (SSSR count). The van der Waals surface area contributed by atoms with Crippen LogP contribution in [0.15, 0.2) is 23.8 Å². The van der Waals surface area contributed by atoms with E-state index in [-0.39, 0.29) is 37.7 Å². The first-order chi connectivity index (χ1) is 11.6. The van der Waals surface area contributed by atoms with Crippen LogP contribution in [0.3, 0.4) is 0 Å². The molecule has 1 fully saturated rings. The van der Waals surface area contributed by atoms with Gasteiger partial charge in [0.15, 0.2) is 0 Å². The van der Waals surface area contributed by atoms with E-state index in [1.54, 1.807) is 11.8 Å². The van der Waals surface area contributed by atoms with Gasteiger partial charge in [0.25, 0.3) is 0 Å². The maximum Gasteiger partial charge on any atom is 0.145 e. The summed E-state index contributed by atoms with van der Waals surface area (Å²) < 4.78 is 0. The minimum Gasteiger partial charge on any atom is -0.374 e. The molecule has 0 bridgehead atoms. The van der Waals surface area contributed by atoms with Gasteiger partial charge in [-0.05, 0) is 24.8 Å². The fraction of sp³-hybridized carbons (Fsp3) is 0.818. The molecular formula is C22H38CaOS. The average Bonchev–Trinajstić information content (AvgIpc) is 3.22. The molecular weight excluding hydrogens is 352 g/mol. The molecule has 2 aliphatic rings. The molecule has 1 nitrogen and oxygen atoms in total. The Bertz CT molecular complexity index is 418. The molecule has 0 spiro atoms. The van der Waals surface area contributed by atoms with Crippen molar-refractivity contribution in [1.82, 2.24) is 0 Å². The van der Waals surface area contributed by atoms with E-state index in [2.05, 4.69) is 26.0 Å². The third kappa shape index (κ3) is 10.2. The Hall–Kier alpha value is 1.05. The Kier molecular flexibility index (Phi) is 12.8. The minimum atomic E-state index is -0.530. The quantitative estimate of drug-likeness (QED) is 0.204. The maximum absolute atomic E-state index is 9.89. The summed E-state index contributed by atoms with van der Waals surface area (Å²) in [6.07, 6.45) is 24.6. The van der Waals surface area contributed by atoms with Gasteiger partial charge < -0.3 is 5.11 Å². The molecule has 3 heteroatoms. The van der Waals surface area contributed by atoms with Gasteiger partial charge in [-0.1, -0.05) is 102 Å². The van der Waals surface area contributed by atoms with Gasteiger partial charge in [0.1, 0.15) is 4.93 Å². The fourth-order valence-corrected chi connectivity index (χ4v) is 4.45. The van der Waals surface area contributed by atoms with Crippen molar-refractivity contribution in [3.8, 4) is 0 Å². The zero-order chi connectivity index (χ0) is 17.3. The predicted octanol–water partition coefficient (Wildman–Crippen LogP) is 6.63. The second kappa shape index (κ2) is 13.3. The fourth-order valence-electron chi connectivity index (χ4n) is 3.57. The molecule has 2 radical (unpaired) electrons. The zero-order valence-corrected chi connectivity index (χ0v) is 19.7. The number of hydrogen-bond acceptors (Lipinski definition) is 2. The first-order valence-corrected chi connectivity index (χ1v) is 11.3. The second-order valence-electron chi connectivity index (χ2n) is 8.19. The zero-order valence-electron chi connectivity index (χ0n) is 16.6. The van der Waals surface area contributed by atoms with Crippen molar-refractivity contribution in [2.75, 3.05) is 0 Å². The van der Waals surface area contributed by atoms with E-state index in [0.717, 1.165) is 5.92 Å². The van der Waals surface area contributed by atoms with Gasteiger partial charge in [0.05, 0.1) is 5.25 Å². The Morgan fingerprint density at radius 1 is 0.920 bits per heavy atom. The molecule has 1 heterocycles. The van der Waals surface area contributed by atoms with Crippen LogP contribution in [0.5, 0.6) is 0 Å². The molecule has 0 aromatic heterocycles. The predicted molar refractivity (Wildman–Crippen MR) is 114 cm³/mol. The molecule has 140 valence electrons. The van der Waals surface area contributed by atoms with Gasteiger partial charge in [0.2, 0.25) is 0 Å². The van der Waals surface area contributed by atoms with E-state index in [9.17, 15) is 5.11 Å². The normalized spacial score (nSPS) is 24.0. The SMILES string of the molecule is CC(C)CCCCCCCCCCCCCC1=CC2SC2(O)C=C1.[Ca]. The standard InChI is InChI=1S/C22H38OS.Ca/c1-19(2)14-12-10-8-6-4-3-5-7-9-11-13-15-20-16-17-22(23)21(18-20)24-22;/h16-19,21,23H,3-15H2,1-2H3;. The first kappa shape index (κ1) is 24.1.